The number of imide groups is 1. The van der Waals surface area contributed by atoms with Crippen molar-refractivity contribution in [1.29, 1.82) is 0 Å². The van der Waals surface area contributed by atoms with Crippen LogP contribution in [0.3, 0.4) is 0 Å². The molecule has 7 nitrogen and oxygen atoms in total. The van der Waals surface area contributed by atoms with Gasteiger partial charge in [0.05, 0.1) is 12.6 Å². The van der Waals surface area contributed by atoms with Crippen molar-refractivity contribution >= 4 is 18.0 Å². The number of likely N-dealkylation sites (tertiary alicyclic amines) is 1. The Balaban J connectivity index is 1.20. The van der Waals surface area contributed by atoms with Crippen LogP contribution in [0.2, 0.25) is 0 Å². The molecule has 2 aliphatic heterocycles. The van der Waals surface area contributed by atoms with Gasteiger partial charge >= 0.3 is 12.1 Å². The first kappa shape index (κ1) is 14.5. The van der Waals surface area contributed by atoms with Crippen LogP contribution in [0.1, 0.15) is 38.5 Å². The molecule has 2 heterocycles. The van der Waals surface area contributed by atoms with E-state index in [9.17, 15) is 14.4 Å². The lowest BCUT2D eigenvalue weighted by atomic mass is 9.53. The van der Waals surface area contributed by atoms with Crippen LogP contribution in [0, 0.1) is 17.8 Å². The van der Waals surface area contributed by atoms with E-state index >= 15 is 0 Å². The summed E-state index contributed by atoms with van der Waals surface area (Å²) >= 11 is 0. The van der Waals surface area contributed by atoms with Gasteiger partial charge in [0.15, 0.2) is 0 Å². The second kappa shape index (κ2) is 4.86. The first-order chi connectivity index (χ1) is 11.5. The van der Waals surface area contributed by atoms with Crippen LogP contribution in [-0.2, 0) is 4.79 Å². The van der Waals surface area contributed by atoms with Gasteiger partial charge in [0, 0.05) is 18.6 Å². The highest BCUT2D eigenvalue weighted by atomic mass is 16.2. The maximum atomic E-state index is 12.6. The van der Waals surface area contributed by atoms with E-state index in [4.69, 9.17) is 0 Å². The van der Waals surface area contributed by atoms with Gasteiger partial charge in [0.25, 0.3) is 0 Å². The van der Waals surface area contributed by atoms with E-state index in [-0.39, 0.29) is 36.1 Å². The quantitative estimate of drug-likeness (QED) is 0.737. The molecule has 6 fully saturated rings. The second-order valence-electron chi connectivity index (χ2n) is 8.61. The van der Waals surface area contributed by atoms with Crippen LogP contribution in [0.5, 0.6) is 0 Å². The minimum atomic E-state index is -0.328. The number of hydrogen-bond acceptors (Lipinski definition) is 3. The van der Waals surface area contributed by atoms with E-state index in [0.29, 0.717) is 13.1 Å². The Bertz CT molecular complexity index is 562. The summed E-state index contributed by atoms with van der Waals surface area (Å²) in [5.41, 5.74) is 0.0117. The standard InChI is InChI=1S/C17H24N4O3/c22-14-7-18-15(23)21(14)13-8-20(9-13)16(24)19-17-4-10-1-11(5-17)3-12(2-10)6-17/h10-13H,1-9H2,(H,18,23)(H,19,24). The lowest BCUT2D eigenvalue weighted by Gasteiger charge is -2.57. The Morgan fingerprint density at radius 1 is 1.04 bits per heavy atom. The van der Waals surface area contributed by atoms with E-state index in [1.54, 1.807) is 4.90 Å². The number of nitrogens with zero attached hydrogens (tertiary/aromatic N) is 2. The molecule has 4 aliphatic carbocycles. The van der Waals surface area contributed by atoms with Crippen LogP contribution in [-0.4, -0.2) is 59.0 Å². The molecule has 0 aromatic carbocycles. The molecule has 0 spiro atoms. The van der Waals surface area contributed by atoms with Gasteiger partial charge in [-0.2, -0.15) is 0 Å². The molecule has 2 N–H and O–H groups in total. The second-order valence-corrected chi connectivity index (χ2v) is 8.61. The topological polar surface area (TPSA) is 81.8 Å². The Morgan fingerprint density at radius 2 is 1.62 bits per heavy atom. The molecule has 2 saturated heterocycles. The average Bonchev–Trinajstić information content (AvgIpc) is 2.76. The van der Waals surface area contributed by atoms with E-state index in [1.807, 2.05) is 0 Å². The van der Waals surface area contributed by atoms with Gasteiger partial charge in [-0.05, 0) is 56.3 Å². The molecule has 6 rings (SSSR count). The smallest absolute Gasteiger partial charge is 0.324 e. The number of rotatable bonds is 2. The molecule has 4 bridgehead atoms. The summed E-state index contributed by atoms with van der Waals surface area (Å²) in [4.78, 5) is 39.0. The number of amides is 5. The Morgan fingerprint density at radius 3 is 2.12 bits per heavy atom. The summed E-state index contributed by atoms with van der Waals surface area (Å²) in [5, 5.41) is 5.88. The fraction of sp³-hybridized carbons (Fsp3) is 0.824. The molecular weight excluding hydrogens is 308 g/mol. The monoisotopic (exact) mass is 332 g/mol. The van der Waals surface area contributed by atoms with Crippen LogP contribution in [0.4, 0.5) is 9.59 Å². The lowest BCUT2D eigenvalue weighted by Crippen LogP contribution is -2.68. The highest BCUT2D eigenvalue weighted by molar-refractivity contribution is 6.02. The van der Waals surface area contributed by atoms with Gasteiger partial charge in [0.1, 0.15) is 0 Å². The highest BCUT2D eigenvalue weighted by Crippen LogP contribution is 2.55. The fourth-order valence-corrected chi connectivity index (χ4v) is 6.16. The number of carbonyl (C=O) groups is 3. The van der Waals surface area contributed by atoms with Crippen molar-refractivity contribution in [3.05, 3.63) is 0 Å². The first-order valence-electron chi connectivity index (χ1n) is 9.18. The fourth-order valence-electron chi connectivity index (χ4n) is 6.16. The Labute approximate surface area is 141 Å². The first-order valence-corrected chi connectivity index (χ1v) is 9.18. The lowest BCUT2D eigenvalue weighted by molar-refractivity contribution is -0.128. The molecule has 4 saturated carbocycles. The SMILES string of the molecule is O=C(NC12CC3CC(CC(C3)C1)C2)N1CC(N2C(=O)CNC2=O)C1. The molecule has 0 unspecified atom stereocenters. The molecule has 0 aromatic heterocycles. The number of urea groups is 2. The van der Waals surface area contributed by atoms with Gasteiger partial charge in [-0.25, -0.2) is 9.59 Å². The van der Waals surface area contributed by atoms with Crippen molar-refractivity contribution in [2.75, 3.05) is 19.6 Å². The van der Waals surface area contributed by atoms with Crippen molar-refractivity contribution in [2.24, 2.45) is 17.8 Å². The summed E-state index contributed by atoms with van der Waals surface area (Å²) < 4.78 is 0. The summed E-state index contributed by atoms with van der Waals surface area (Å²) in [6.07, 6.45) is 7.46. The third-order valence-electron chi connectivity index (χ3n) is 6.80. The molecule has 24 heavy (non-hydrogen) atoms. The Kier molecular flexibility index (Phi) is 2.95. The molecule has 130 valence electrons. The minimum absolute atomic E-state index is 0.0117. The van der Waals surface area contributed by atoms with Gasteiger partial charge in [-0.15, -0.1) is 0 Å². The predicted octanol–water partition coefficient (Wildman–Crippen LogP) is 0.901. The zero-order valence-electron chi connectivity index (χ0n) is 13.8. The van der Waals surface area contributed by atoms with E-state index < -0.39 is 0 Å². The van der Waals surface area contributed by atoms with Gasteiger partial charge in [-0.3, -0.25) is 9.69 Å². The third-order valence-corrected chi connectivity index (χ3v) is 6.80. The molecule has 6 aliphatic rings. The number of carbonyl (C=O) groups excluding carboxylic acids is 3. The van der Waals surface area contributed by atoms with Crippen molar-refractivity contribution in [3.8, 4) is 0 Å². The molecule has 7 heteroatoms. The average molecular weight is 332 g/mol. The van der Waals surface area contributed by atoms with Gasteiger partial charge < -0.3 is 15.5 Å². The summed E-state index contributed by atoms with van der Waals surface area (Å²) in [6, 6.07) is -0.506. The molecule has 0 radical (unpaired) electrons. The van der Waals surface area contributed by atoms with E-state index in [0.717, 1.165) is 37.0 Å². The number of nitrogens with one attached hydrogen (secondary N) is 2. The van der Waals surface area contributed by atoms with Crippen molar-refractivity contribution in [2.45, 2.75) is 50.1 Å². The molecule has 0 atom stereocenters. The summed E-state index contributed by atoms with van der Waals surface area (Å²) in [6.45, 7) is 0.990. The third kappa shape index (κ3) is 2.13. The summed E-state index contributed by atoms with van der Waals surface area (Å²) in [7, 11) is 0. The molecule has 5 amide bonds. The largest absolute Gasteiger partial charge is 0.333 e. The highest BCUT2D eigenvalue weighted by Gasteiger charge is 2.52. The van der Waals surface area contributed by atoms with Crippen LogP contribution >= 0.6 is 0 Å². The van der Waals surface area contributed by atoms with E-state index in [2.05, 4.69) is 10.6 Å². The molecule has 0 aromatic rings. The maximum absolute atomic E-state index is 12.6. The zero-order chi connectivity index (χ0) is 16.5. The zero-order valence-corrected chi connectivity index (χ0v) is 13.8. The normalized spacial score (nSPS) is 40.8. The van der Waals surface area contributed by atoms with Crippen LogP contribution in [0.15, 0.2) is 0 Å². The minimum Gasteiger partial charge on any atom is -0.333 e. The van der Waals surface area contributed by atoms with Gasteiger partial charge in [-0.1, -0.05) is 0 Å². The predicted molar refractivity (Wildman–Crippen MR) is 85.0 cm³/mol. The number of hydrogen-bond donors (Lipinski definition) is 2. The van der Waals surface area contributed by atoms with Crippen molar-refractivity contribution in [1.82, 2.24) is 20.4 Å². The van der Waals surface area contributed by atoms with Crippen molar-refractivity contribution in [3.63, 3.8) is 0 Å². The Hall–Kier alpha value is -1.79. The van der Waals surface area contributed by atoms with E-state index in [1.165, 1.54) is 24.2 Å². The van der Waals surface area contributed by atoms with Gasteiger partial charge in [0.2, 0.25) is 5.91 Å². The maximum Gasteiger partial charge on any atom is 0.324 e. The molecular formula is C17H24N4O3. The summed E-state index contributed by atoms with van der Waals surface area (Å²) in [5.74, 6) is 2.20. The van der Waals surface area contributed by atoms with Crippen molar-refractivity contribution < 1.29 is 14.4 Å². The van der Waals surface area contributed by atoms with Crippen LogP contribution < -0.4 is 10.6 Å². The van der Waals surface area contributed by atoms with Crippen LogP contribution in [0.25, 0.3) is 0 Å².